The maximum absolute atomic E-state index is 10.7. The van der Waals surface area contributed by atoms with E-state index in [0.717, 1.165) is 49.1 Å². The predicted octanol–water partition coefficient (Wildman–Crippen LogP) is 4.38. The first kappa shape index (κ1) is 28.8. The van der Waals surface area contributed by atoms with Gasteiger partial charge in [-0.25, -0.2) is 4.99 Å². The van der Waals surface area contributed by atoms with Crippen LogP contribution in [0.25, 0.3) is 0 Å². The lowest BCUT2D eigenvalue weighted by Gasteiger charge is -2.31. The van der Waals surface area contributed by atoms with Crippen molar-refractivity contribution in [2.24, 2.45) is 33.8 Å². The number of carbonyl (C=O) groups excluding carboxylic acids is 1. The molecule has 0 radical (unpaired) electrons. The van der Waals surface area contributed by atoms with Gasteiger partial charge in [-0.15, -0.1) is 0 Å². The van der Waals surface area contributed by atoms with E-state index >= 15 is 0 Å². The minimum Gasteiger partial charge on any atom is -0.494 e. The normalized spacial score (nSPS) is 22.3. The molecule has 4 rings (SSSR count). The van der Waals surface area contributed by atoms with E-state index in [1.165, 1.54) is 38.8 Å². The molecule has 0 amide bonds. The number of nitriles is 1. The Bertz CT molecular complexity index is 945. The van der Waals surface area contributed by atoms with Gasteiger partial charge >= 0.3 is 0 Å². The Morgan fingerprint density at radius 2 is 2.00 bits per heavy atom. The van der Waals surface area contributed by atoms with Crippen LogP contribution < -0.4 is 4.74 Å². The summed E-state index contributed by atoms with van der Waals surface area (Å²) in [4.78, 5) is 24.7. The lowest BCUT2D eigenvalue weighted by molar-refractivity contribution is -0.107. The minimum atomic E-state index is 0.212. The number of aliphatic imine (C=N–C) groups is 1. The molecule has 37 heavy (non-hydrogen) atoms. The van der Waals surface area contributed by atoms with E-state index in [1.54, 1.807) is 6.07 Å². The van der Waals surface area contributed by atoms with E-state index in [4.69, 9.17) is 9.57 Å². The van der Waals surface area contributed by atoms with Crippen LogP contribution in [0.4, 0.5) is 0 Å². The molecule has 2 aliphatic heterocycles. The molecule has 8 nitrogen and oxygen atoms in total. The van der Waals surface area contributed by atoms with E-state index in [0.29, 0.717) is 30.5 Å². The highest BCUT2D eigenvalue weighted by Gasteiger charge is 2.43. The standard InChI is InChI=1S/C25H34N4O3.C4H9N/c1-18(2)25(27-3)28-32-17-29-10-6-20(7-11-29)24-15-21(24)9-13-31-23-5-4-19(8-12-30)22(14-23)16-26;1-5-3-2-4-5/h4-5,12,14,18,20-21,24H,3,6-11,13,15,17H2,1-2H3;2-4H2,1H3/b28-25-;. The quantitative estimate of drug-likeness (QED) is 0.190. The van der Waals surface area contributed by atoms with Crippen molar-refractivity contribution in [1.29, 1.82) is 5.26 Å². The van der Waals surface area contributed by atoms with Gasteiger partial charge in [0.1, 0.15) is 12.0 Å². The number of likely N-dealkylation sites (tertiary alicyclic amines) is 2. The highest BCUT2D eigenvalue weighted by molar-refractivity contribution is 5.87. The molecule has 1 saturated carbocycles. The molecule has 2 heterocycles. The van der Waals surface area contributed by atoms with Gasteiger partial charge in [-0.3, -0.25) is 4.90 Å². The van der Waals surface area contributed by atoms with E-state index in [9.17, 15) is 10.1 Å². The molecule has 2 saturated heterocycles. The average molecular weight is 510 g/mol. The van der Waals surface area contributed by atoms with Gasteiger partial charge in [-0.1, -0.05) is 25.1 Å². The third-order valence-corrected chi connectivity index (χ3v) is 7.63. The first-order chi connectivity index (χ1) is 17.9. The Balaban J connectivity index is 0.000000678. The number of oxime groups is 1. The SMILES string of the molecule is C=N/C(=N\OCN1CCC(C2CC2CCOc2ccc(CC=O)c(C#N)c2)CC1)C(C)C.CN1CCC1. The highest BCUT2D eigenvalue weighted by Crippen LogP contribution is 2.49. The lowest BCUT2D eigenvalue weighted by Crippen LogP contribution is -2.35. The summed E-state index contributed by atoms with van der Waals surface area (Å²) in [6.45, 7) is 13.5. The molecule has 0 bridgehead atoms. The Morgan fingerprint density at radius 1 is 1.27 bits per heavy atom. The zero-order chi connectivity index (χ0) is 26.6. The second-order valence-corrected chi connectivity index (χ2v) is 10.7. The van der Waals surface area contributed by atoms with Crippen LogP contribution in [0, 0.1) is 35.0 Å². The van der Waals surface area contributed by atoms with Gasteiger partial charge in [0, 0.05) is 25.4 Å². The molecular weight excluding hydrogens is 466 g/mol. The molecule has 2 unspecified atom stereocenters. The summed E-state index contributed by atoms with van der Waals surface area (Å²) in [5, 5.41) is 13.3. The fourth-order valence-corrected chi connectivity index (χ4v) is 5.00. The Labute approximate surface area is 222 Å². The highest BCUT2D eigenvalue weighted by atomic mass is 16.6. The maximum Gasteiger partial charge on any atom is 0.171 e. The molecule has 2 atom stereocenters. The summed E-state index contributed by atoms with van der Waals surface area (Å²) >= 11 is 0. The number of nitrogens with zero attached hydrogens (tertiary/aromatic N) is 5. The third kappa shape index (κ3) is 9.24. The number of ether oxygens (including phenoxy) is 1. The molecule has 1 aliphatic carbocycles. The number of carbonyl (C=O) groups is 1. The summed E-state index contributed by atoms with van der Waals surface area (Å²) in [6, 6.07) is 7.54. The van der Waals surface area contributed by atoms with Crippen LogP contribution in [0.5, 0.6) is 5.75 Å². The number of aldehydes is 1. The predicted molar refractivity (Wildman–Crippen MR) is 147 cm³/mol. The van der Waals surface area contributed by atoms with Gasteiger partial charge in [-0.2, -0.15) is 5.26 Å². The van der Waals surface area contributed by atoms with Gasteiger partial charge < -0.3 is 19.3 Å². The third-order valence-electron chi connectivity index (χ3n) is 7.63. The summed E-state index contributed by atoms with van der Waals surface area (Å²) in [5.74, 6) is 3.89. The summed E-state index contributed by atoms with van der Waals surface area (Å²) < 4.78 is 5.89. The largest absolute Gasteiger partial charge is 0.494 e. The van der Waals surface area contributed by atoms with Crippen molar-refractivity contribution in [3.05, 3.63) is 29.3 Å². The number of amidine groups is 1. The Morgan fingerprint density at radius 3 is 2.57 bits per heavy atom. The van der Waals surface area contributed by atoms with Crippen molar-refractivity contribution in [2.75, 3.05) is 46.6 Å². The lowest BCUT2D eigenvalue weighted by atomic mass is 9.91. The van der Waals surface area contributed by atoms with Crippen LogP contribution in [-0.2, 0) is 16.1 Å². The molecule has 8 heteroatoms. The van der Waals surface area contributed by atoms with Crippen LogP contribution in [-0.4, -0.2) is 75.2 Å². The number of piperidine rings is 1. The molecule has 0 N–H and O–H groups in total. The van der Waals surface area contributed by atoms with Crippen LogP contribution in [0.15, 0.2) is 28.3 Å². The number of benzene rings is 1. The van der Waals surface area contributed by atoms with Crippen LogP contribution in [0.1, 0.15) is 57.1 Å². The molecule has 202 valence electrons. The summed E-state index contributed by atoms with van der Waals surface area (Å²) in [6.07, 6.45) is 7.24. The molecule has 0 spiro atoms. The van der Waals surface area contributed by atoms with Crippen molar-refractivity contribution in [1.82, 2.24) is 9.80 Å². The number of rotatable bonds is 11. The molecule has 3 fully saturated rings. The molecule has 0 aromatic heterocycles. The van der Waals surface area contributed by atoms with Crippen molar-refractivity contribution >= 4 is 18.8 Å². The van der Waals surface area contributed by atoms with E-state index in [1.807, 2.05) is 26.0 Å². The Kier molecular flexibility index (Phi) is 11.6. The van der Waals surface area contributed by atoms with E-state index in [-0.39, 0.29) is 12.3 Å². The zero-order valence-corrected chi connectivity index (χ0v) is 22.8. The van der Waals surface area contributed by atoms with Crippen LogP contribution in [0.2, 0.25) is 0 Å². The van der Waals surface area contributed by atoms with E-state index < -0.39 is 0 Å². The summed E-state index contributed by atoms with van der Waals surface area (Å²) in [5.41, 5.74) is 1.26. The van der Waals surface area contributed by atoms with Crippen molar-refractivity contribution in [3.63, 3.8) is 0 Å². The topological polar surface area (TPSA) is 90.5 Å². The van der Waals surface area contributed by atoms with Crippen molar-refractivity contribution in [2.45, 2.75) is 52.4 Å². The number of hydrogen-bond acceptors (Lipinski definition) is 7. The van der Waals surface area contributed by atoms with Crippen LogP contribution in [0.3, 0.4) is 0 Å². The summed E-state index contributed by atoms with van der Waals surface area (Å²) in [7, 11) is 2.14. The Hall–Kier alpha value is -2.76. The second kappa shape index (κ2) is 14.8. The van der Waals surface area contributed by atoms with Gasteiger partial charge in [-0.05, 0) is 94.4 Å². The second-order valence-electron chi connectivity index (χ2n) is 10.7. The monoisotopic (exact) mass is 509 g/mol. The van der Waals surface area contributed by atoms with Gasteiger partial charge in [0.2, 0.25) is 0 Å². The van der Waals surface area contributed by atoms with Gasteiger partial charge in [0.05, 0.1) is 18.2 Å². The first-order valence-corrected chi connectivity index (χ1v) is 13.6. The minimum absolute atomic E-state index is 0.212. The maximum atomic E-state index is 10.7. The fraction of sp³-hybridized carbons (Fsp3) is 0.655. The number of hydrogen-bond donors (Lipinski definition) is 0. The zero-order valence-electron chi connectivity index (χ0n) is 22.8. The molecule has 1 aromatic carbocycles. The van der Waals surface area contributed by atoms with Gasteiger partial charge in [0.25, 0.3) is 0 Å². The fourth-order valence-electron chi connectivity index (χ4n) is 5.00. The van der Waals surface area contributed by atoms with Crippen molar-refractivity contribution < 1.29 is 14.4 Å². The van der Waals surface area contributed by atoms with Crippen molar-refractivity contribution in [3.8, 4) is 11.8 Å². The molecule has 3 aliphatic rings. The smallest absolute Gasteiger partial charge is 0.171 e. The first-order valence-electron chi connectivity index (χ1n) is 13.6. The molecular formula is C29H43N5O3. The van der Waals surface area contributed by atoms with Crippen LogP contribution >= 0.6 is 0 Å². The molecule has 1 aromatic rings. The van der Waals surface area contributed by atoms with Gasteiger partial charge in [0.15, 0.2) is 12.6 Å². The average Bonchev–Trinajstić information content (AvgIpc) is 3.66. The van der Waals surface area contributed by atoms with E-state index in [2.05, 4.69) is 39.8 Å².